The minimum absolute atomic E-state index is 0.227. The summed E-state index contributed by atoms with van der Waals surface area (Å²) in [7, 11) is 0. The Morgan fingerprint density at radius 1 is 0.917 bits per heavy atom. The second-order valence-corrected chi connectivity index (χ2v) is 6.88. The standard InChI is InChI=1S/C20H23ClN2O/c1-16-2-4-17(5-3-16)14-20(24)23-12-10-22(11-13-23)15-18-6-8-19(21)9-7-18/h2-9H,10-15H2,1H3. The van der Waals surface area contributed by atoms with E-state index in [9.17, 15) is 4.79 Å². The fourth-order valence-corrected chi connectivity index (χ4v) is 3.12. The van der Waals surface area contributed by atoms with Crippen molar-refractivity contribution < 1.29 is 4.79 Å². The van der Waals surface area contributed by atoms with Crippen molar-refractivity contribution in [2.24, 2.45) is 0 Å². The van der Waals surface area contributed by atoms with Gasteiger partial charge in [-0.25, -0.2) is 0 Å². The first kappa shape index (κ1) is 17.0. The minimum atomic E-state index is 0.227. The molecule has 1 saturated heterocycles. The van der Waals surface area contributed by atoms with E-state index in [1.807, 2.05) is 29.2 Å². The molecule has 3 nitrogen and oxygen atoms in total. The Kier molecular flexibility index (Phi) is 5.54. The van der Waals surface area contributed by atoms with Crippen molar-refractivity contribution in [3.63, 3.8) is 0 Å². The van der Waals surface area contributed by atoms with Crippen LogP contribution >= 0.6 is 11.6 Å². The molecule has 1 amide bonds. The number of amides is 1. The highest BCUT2D eigenvalue weighted by Gasteiger charge is 2.21. The third kappa shape index (κ3) is 4.59. The smallest absolute Gasteiger partial charge is 0.227 e. The molecule has 3 rings (SSSR count). The van der Waals surface area contributed by atoms with Crippen molar-refractivity contribution in [1.82, 2.24) is 9.80 Å². The molecular weight excluding hydrogens is 320 g/mol. The van der Waals surface area contributed by atoms with E-state index in [-0.39, 0.29) is 5.91 Å². The van der Waals surface area contributed by atoms with Gasteiger partial charge in [0, 0.05) is 37.7 Å². The molecule has 0 aromatic heterocycles. The lowest BCUT2D eigenvalue weighted by atomic mass is 10.1. The molecule has 1 aliphatic heterocycles. The zero-order chi connectivity index (χ0) is 16.9. The normalized spacial score (nSPS) is 15.5. The first-order chi connectivity index (χ1) is 11.6. The molecule has 0 unspecified atom stereocenters. The molecule has 2 aromatic rings. The van der Waals surface area contributed by atoms with Gasteiger partial charge >= 0.3 is 0 Å². The molecule has 0 aliphatic carbocycles. The average Bonchev–Trinajstić information content (AvgIpc) is 2.59. The Hall–Kier alpha value is -1.84. The number of hydrogen-bond acceptors (Lipinski definition) is 2. The Labute approximate surface area is 148 Å². The van der Waals surface area contributed by atoms with Gasteiger partial charge in [0.05, 0.1) is 6.42 Å². The number of halogens is 1. The van der Waals surface area contributed by atoms with Crippen LogP contribution < -0.4 is 0 Å². The van der Waals surface area contributed by atoms with Crippen LogP contribution in [0.15, 0.2) is 48.5 Å². The third-order valence-electron chi connectivity index (χ3n) is 4.52. The zero-order valence-corrected chi connectivity index (χ0v) is 14.8. The molecule has 1 heterocycles. The summed E-state index contributed by atoms with van der Waals surface area (Å²) < 4.78 is 0. The number of nitrogens with zero attached hydrogens (tertiary/aromatic N) is 2. The molecule has 126 valence electrons. The van der Waals surface area contributed by atoms with Crippen molar-refractivity contribution in [2.45, 2.75) is 19.9 Å². The number of benzene rings is 2. The average molecular weight is 343 g/mol. The first-order valence-electron chi connectivity index (χ1n) is 8.40. The first-order valence-corrected chi connectivity index (χ1v) is 8.78. The van der Waals surface area contributed by atoms with Gasteiger partial charge in [-0.3, -0.25) is 9.69 Å². The van der Waals surface area contributed by atoms with Crippen LogP contribution in [0.4, 0.5) is 0 Å². The highest BCUT2D eigenvalue weighted by molar-refractivity contribution is 6.30. The number of carbonyl (C=O) groups excluding carboxylic acids is 1. The molecule has 4 heteroatoms. The van der Waals surface area contributed by atoms with Crippen LogP contribution in [0.25, 0.3) is 0 Å². The van der Waals surface area contributed by atoms with E-state index in [0.717, 1.165) is 43.3 Å². The predicted octanol–water partition coefficient (Wildman–Crippen LogP) is 3.54. The molecule has 24 heavy (non-hydrogen) atoms. The van der Waals surface area contributed by atoms with Crippen molar-refractivity contribution in [3.8, 4) is 0 Å². The fourth-order valence-electron chi connectivity index (χ4n) is 3.00. The molecule has 0 N–H and O–H groups in total. The van der Waals surface area contributed by atoms with Crippen molar-refractivity contribution in [1.29, 1.82) is 0 Å². The predicted molar refractivity (Wildman–Crippen MR) is 98.2 cm³/mol. The quantitative estimate of drug-likeness (QED) is 0.848. The number of carbonyl (C=O) groups is 1. The van der Waals surface area contributed by atoms with Crippen LogP contribution in [0.5, 0.6) is 0 Å². The van der Waals surface area contributed by atoms with Gasteiger partial charge in [0.25, 0.3) is 0 Å². The van der Waals surface area contributed by atoms with Gasteiger partial charge in [0.2, 0.25) is 5.91 Å². The van der Waals surface area contributed by atoms with Gasteiger partial charge in [-0.05, 0) is 30.2 Å². The van der Waals surface area contributed by atoms with E-state index in [2.05, 4.69) is 36.1 Å². The van der Waals surface area contributed by atoms with Crippen molar-refractivity contribution in [2.75, 3.05) is 26.2 Å². The van der Waals surface area contributed by atoms with Crippen LogP contribution in [0.1, 0.15) is 16.7 Å². The maximum absolute atomic E-state index is 12.4. The largest absolute Gasteiger partial charge is 0.340 e. The Morgan fingerprint density at radius 3 is 2.12 bits per heavy atom. The van der Waals surface area contributed by atoms with Crippen LogP contribution in [-0.2, 0) is 17.8 Å². The Morgan fingerprint density at radius 2 is 1.50 bits per heavy atom. The summed E-state index contributed by atoms with van der Waals surface area (Å²) >= 11 is 5.93. The molecule has 0 bridgehead atoms. The Balaban J connectivity index is 1.48. The fraction of sp³-hybridized carbons (Fsp3) is 0.350. The maximum Gasteiger partial charge on any atom is 0.227 e. The van der Waals surface area contributed by atoms with Crippen molar-refractivity contribution >= 4 is 17.5 Å². The Bertz CT molecular complexity index is 674. The molecular formula is C20H23ClN2O. The lowest BCUT2D eigenvalue weighted by Gasteiger charge is -2.34. The number of aryl methyl sites for hydroxylation is 1. The second-order valence-electron chi connectivity index (χ2n) is 6.45. The van der Waals surface area contributed by atoms with E-state index in [4.69, 9.17) is 11.6 Å². The number of piperazine rings is 1. The maximum atomic E-state index is 12.4. The van der Waals surface area contributed by atoms with Crippen LogP contribution in [0.3, 0.4) is 0 Å². The molecule has 0 atom stereocenters. The lowest BCUT2D eigenvalue weighted by molar-refractivity contribution is -0.132. The van der Waals surface area contributed by atoms with E-state index in [1.54, 1.807) is 0 Å². The molecule has 0 spiro atoms. The van der Waals surface area contributed by atoms with Crippen molar-refractivity contribution in [3.05, 3.63) is 70.2 Å². The van der Waals surface area contributed by atoms with Gasteiger partial charge in [-0.1, -0.05) is 53.6 Å². The monoisotopic (exact) mass is 342 g/mol. The highest BCUT2D eigenvalue weighted by atomic mass is 35.5. The van der Waals surface area contributed by atoms with Crippen LogP contribution in [0.2, 0.25) is 5.02 Å². The molecule has 1 fully saturated rings. The summed E-state index contributed by atoms with van der Waals surface area (Å²) in [4.78, 5) is 16.8. The number of rotatable bonds is 4. The SMILES string of the molecule is Cc1ccc(CC(=O)N2CCN(Cc3ccc(Cl)cc3)CC2)cc1. The highest BCUT2D eigenvalue weighted by Crippen LogP contribution is 2.14. The van der Waals surface area contributed by atoms with Gasteiger partial charge in [-0.2, -0.15) is 0 Å². The summed E-state index contributed by atoms with van der Waals surface area (Å²) in [6.07, 6.45) is 0.497. The molecule has 1 aliphatic rings. The van der Waals surface area contributed by atoms with E-state index in [1.165, 1.54) is 11.1 Å². The van der Waals surface area contributed by atoms with Gasteiger partial charge in [-0.15, -0.1) is 0 Å². The van der Waals surface area contributed by atoms with Crippen LogP contribution in [-0.4, -0.2) is 41.9 Å². The zero-order valence-electron chi connectivity index (χ0n) is 14.0. The summed E-state index contributed by atoms with van der Waals surface area (Å²) in [5.41, 5.74) is 3.58. The third-order valence-corrected chi connectivity index (χ3v) is 4.77. The topological polar surface area (TPSA) is 23.6 Å². The summed E-state index contributed by atoms with van der Waals surface area (Å²) in [5.74, 6) is 0.227. The van der Waals surface area contributed by atoms with Gasteiger partial charge < -0.3 is 4.90 Å². The van der Waals surface area contributed by atoms with Gasteiger partial charge in [0.1, 0.15) is 0 Å². The number of hydrogen-bond donors (Lipinski definition) is 0. The van der Waals surface area contributed by atoms with E-state index >= 15 is 0 Å². The summed E-state index contributed by atoms with van der Waals surface area (Å²) in [5, 5.41) is 0.769. The summed E-state index contributed by atoms with van der Waals surface area (Å²) in [6, 6.07) is 16.2. The van der Waals surface area contributed by atoms with E-state index in [0.29, 0.717) is 6.42 Å². The molecule has 0 radical (unpaired) electrons. The lowest BCUT2D eigenvalue weighted by Crippen LogP contribution is -2.48. The second kappa shape index (κ2) is 7.82. The van der Waals surface area contributed by atoms with Crippen LogP contribution in [0, 0.1) is 6.92 Å². The molecule has 0 saturated carbocycles. The summed E-state index contributed by atoms with van der Waals surface area (Å²) in [6.45, 7) is 6.42. The van der Waals surface area contributed by atoms with E-state index < -0.39 is 0 Å². The minimum Gasteiger partial charge on any atom is -0.340 e. The molecule has 2 aromatic carbocycles. The van der Waals surface area contributed by atoms with Gasteiger partial charge in [0.15, 0.2) is 0 Å².